The van der Waals surface area contributed by atoms with Gasteiger partial charge in [-0.15, -0.1) is 0 Å². The Balaban J connectivity index is 2.35. The number of rotatable bonds is 2. The van der Waals surface area contributed by atoms with Gasteiger partial charge in [0, 0.05) is 26.4 Å². The number of aromatic nitrogens is 5. The Morgan fingerprint density at radius 2 is 2.00 bits per heavy atom. The van der Waals surface area contributed by atoms with Gasteiger partial charge in [-0.2, -0.15) is 9.97 Å². The molecule has 0 amide bonds. The number of anilines is 2. The molecule has 3 aromatic heterocycles. The third-order valence-corrected chi connectivity index (χ3v) is 2.84. The van der Waals surface area contributed by atoms with Gasteiger partial charge in [0.2, 0.25) is 5.95 Å². The van der Waals surface area contributed by atoms with E-state index in [9.17, 15) is 4.79 Å². The maximum atomic E-state index is 11.9. The quantitative estimate of drug-likeness (QED) is 0.702. The molecule has 0 aliphatic rings. The van der Waals surface area contributed by atoms with Gasteiger partial charge in [0.25, 0.3) is 5.56 Å². The Morgan fingerprint density at radius 3 is 2.70 bits per heavy atom. The van der Waals surface area contributed by atoms with Crippen LogP contribution >= 0.6 is 0 Å². The van der Waals surface area contributed by atoms with Crippen LogP contribution in [0.3, 0.4) is 0 Å². The number of nitrogens with two attached hydrogens (primary N) is 1. The fraction of sp³-hybridized carbons (Fsp3) is 0.167. The summed E-state index contributed by atoms with van der Waals surface area (Å²) in [4.78, 5) is 26.3. The molecule has 3 heterocycles. The molecule has 0 bridgehead atoms. The largest absolute Gasteiger partial charge is 0.368 e. The molecular formula is C12H13N7O. The maximum absolute atomic E-state index is 11.9. The lowest BCUT2D eigenvalue weighted by molar-refractivity contribution is 0.644. The lowest BCUT2D eigenvalue weighted by Crippen LogP contribution is -2.24. The van der Waals surface area contributed by atoms with Gasteiger partial charge in [-0.25, -0.2) is 14.3 Å². The number of fused-ring (bicyclic) bond motifs is 1. The molecule has 0 aromatic carbocycles. The van der Waals surface area contributed by atoms with Crippen LogP contribution in [0.1, 0.15) is 0 Å². The lowest BCUT2D eigenvalue weighted by atomic mass is 10.4. The van der Waals surface area contributed by atoms with Crippen molar-refractivity contribution in [1.82, 2.24) is 24.3 Å². The predicted molar refractivity (Wildman–Crippen MR) is 75.6 cm³/mol. The molecule has 0 aliphatic carbocycles. The zero-order valence-electron chi connectivity index (χ0n) is 11.1. The highest BCUT2D eigenvalue weighted by Gasteiger charge is 2.14. The van der Waals surface area contributed by atoms with Gasteiger partial charge in [0.05, 0.1) is 0 Å². The van der Waals surface area contributed by atoms with Gasteiger partial charge in [0.15, 0.2) is 17.0 Å². The molecule has 20 heavy (non-hydrogen) atoms. The Labute approximate surface area is 114 Å². The summed E-state index contributed by atoms with van der Waals surface area (Å²) < 4.78 is 2.95. The third kappa shape index (κ3) is 1.78. The van der Waals surface area contributed by atoms with Crippen molar-refractivity contribution in [3.05, 3.63) is 41.1 Å². The number of hydrogen-bond donors (Lipinski definition) is 1. The summed E-state index contributed by atoms with van der Waals surface area (Å²) >= 11 is 0. The molecule has 2 N–H and O–H groups in total. The minimum absolute atomic E-state index is 0.131. The van der Waals surface area contributed by atoms with Crippen molar-refractivity contribution >= 4 is 22.9 Å². The molecule has 3 rings (SSSR count). The molecule has 0 saturated carbocycles. The summed E-state index contributed by atoms with van der Waals surface area (Å²) in [5.74, 6) is 0.738. The molecular weight excluding hydrogens is 258 g/mol. The van der Waals surface area contributed by atoms with E-state index in [1.165, 1.54) is 17.1 Å². The Bertz CT molecular complexity index is 833. The first-order valence-electron chi connectivity index (χ1n) is 5.94. The third-order valence-electron chi connectivity index (χ3n) is 2.84. The van der Waals surface area contributed by atoms with Crippen molar-refractivity contribution in [2.45, 2.75) is 0 Å². The summed E-state index contributed by atoms with van der Waals surface area (Å²) in [6.07, 6.45) is 3.16. The fourth-order valence-corrected chi connectivity index (χ4v) is 1.96. The van der Waals surface area contributed by atoms with E-state index in [0.29, 0.717) is 17.0 Å². The van der Waals surface area contributed by atoms with E-state index < -0.39 is 0 Å². The molecule has 0 saturated heterocycles. The highest BCUT2D eigenvalue weighted by molar-refractivity contribution is 5.84. The monoisotopic (exact) mass is 271 g/mol. The summed E-state index contributed by atoms with van der Waals surface area (Å²) in [6.45, 7) is 0. The van der Waals surface area contributed by atoms with Crippen LogP contribution in [0.4, 0.5) is 11.8 Å². The van der Waals surface area contributed by atoms with Crippen LogP contribution in [0.25, 0.3) is 11.2 Å². The standard InChI is InChI=1S/C12H13N7O/c1-17(2)10-9-11(16-12(13)15-10)19(7-14-9)18-6-4-3-5-8(18)20/h3-7H,1-2H3,(H2,13,15,16). The zero-order chi connectivity index (χ0) is 14.3. The van der Waals surface area contributed by atoms with Crippen LogP contribution in [-0.2, 0) is 0 Å². The Morgan fingerprint density at radius 1 is 1.20 bits per heavy atom. The van der Waals surface area contributed by atoms with Crippen molar-refractivity contribution < 1.29 is 0 Å². The van der Waals surface area contributed by atoms with E-state index >= 15 is 0 Å². The van der Waals surface area contributed by atoms with Crippen LogP contribution in [0, 0.1) is 0 Å². The van der Waals surface area contributed by atoms with Gasteiger partial charge < -0.3 is 10.6 Å². The zero-order valence-corrected chi connectivity index (χ0v) is 11.1. The van der Waals surface area contributed by atoms with E-state index in [0.717, 1.165) is 0 Å². The predicted octanol–water partition coefficient (Wildman–Crippen LogP) is -0.0524. The average molecular weight is 271 g/mol. The second-order valence-electron chi connectivity index (χ2n) is 4.44. The molecule has 0 fully saturated rings. The van der Waals surface area contributed by atoms with E-state index in [2.05, 4.69) is 15.0 Å². The molecule has 0 atom stereocenters. The Hall–Kier alpha value is -2.90. The van der Waals surface area contributed by atoms with Crippen LogP contribution in [0.15, 0.2) is 35.5 Å². The molecule has 0 unspecified atom stereocenters. The SMILES string of the molecule is CN(C)c1nc(N)nc2c1ncn2-n1ccccc1=O. The molecule has 8 nitrogen and oxygen atoms in total. The molecule has 3 aromatic rings. The summed E-state index contributed by atoms with van der Waals surface area (Å²) in [5, 5.41) is 0. The van der Waals surface area contributed by atoms with Crippen molar-refractivity contribution in [3.63, 3.8) is 0 Å². The molecule has 0 spiro atoms. The highest BCUT2D eigenvalue weighted by Crippen LogP contribution is 2.21. The molecule has 0 radical (unpaired) electrons. The first-order chi connectivity index (χ1) is 9.58. The van der Waals surface area contributed by atoms with Crippen molar-refractivity contribution in [2.24, 2.45) is 0 Å². The normalized spacial score (nSPS) is 10.9. The van der Waals surface area contributed by atoms with Gasteiger partial charge in [-0.05, 0) is 6.07 Å². The molecule has 102 valence electrons. The van der Waals surface area contributed by atoms with Gasteiger partial charge >= 0.3 is 0 Å². The van der Waals surface area contributed by atoms with Crippen molar-refractivity contribution in [2.75, 3.05) is 24.7 Å². The van der Waals surface area contributed by atoms with Gasteiger partial charge in [-0.1, -0.05) is 6.07 Å². The van der Waals surface area contributed by atoms with Crippen LogP contribution in [0.2, 0.25) is 0 Å². The average Bonchev–Trinajstić information content (AvgIpc) is 2.81. The van der Waals surface area contributed by atoms with E-state index in [4.69, 9.17) is 5.73 Å². The van der Waals surface area contributed by atoms with Crippen molar-refractivity contribution in [3.8, 4) is 0 Å². The van der Waals surface area contributed by atoms with E-state index in [-0.39, 0.29) is 11.5 Å². The van der Waals surface area contributed by atoms with Gasteiger partial charge in [-0.3, -0.25) is 4.79 Å². The first-order valence-corrected chi connectivity index (χ1v) is 5.94. The number of imidazole rings is 1. The van der Waals surface area contributed by atoms with Crippen LogP contribution in [0.5, 0.6) is 0 Å². The number of nitrogens with zero attached hydrogens (tertiary/aromatic N) is 6. The number of hydrogen-bond acceptors (Lipinski definition) is 6. The summed E-state index contributed by atoms with van der Waals surface area (Å²) in [6, 6.07) is 4.89. The second kappa shape index (κ2) is 4.34. The minimum atomic E-state index is -0.185. The van der Waals surface area contributed by atoms with E-state index in [1.807, 2.05) is 14.1 Å². The van der Waals surface area contributed by atoms with Crippen LogP contribution in [-0.4, -0.2) is 38.4 Å². The lowest BCUT2D eigenvalue weighted by Gasteiger charge is -2.12. The van der Waals surface area contributed by atoms with E-state index in [1.54, 1.807) is 27.9 Å². The minimum Gasteiger partial charge on any atom is -0.368 e. The van der Waals surface area contributed by atoms with Crippen LogP contribution < -0.4 is 16.2 Å². The second-order valence-corrected chi connectivity index (χ2v) is 4.44. The summed E-state index contributed by atoms with van der Waals surface area (Å²) in [5.41, 5.74) is 6.61. The fourth-order valence-electron chi connectivity index (χ4n) is 1.96. The maximum Gasteiger partial charge on any atom is 0.269 e. The molecule has 0 aliphatic heterocycles. The summed E-state index contributed by atoms with van der Waals surface area (Å²) in [7, 11) is 3.68. The topological polar surface area (TPSA) is 94.9 Å². The smallest absolute Gasteiger partial charge is 0.269 e. The Kier molecular flexibility index (Phi) is 2.63. The number of nitrogen functional groups attached to an aromatic ring is 1. The van der Waals surface area contributed by atoms with Crippen molar-refractivity contribution in [1.29, 1.82) is 0 Å². The first kappa shape index (κ1) is 12.2. The highest BCUT2D eigenvalue weighted by atomic mass is 16.1. The molecule has 8 heteroatoms. The number of pyridine rings is 1. The van der Waals surface area contributed by atoms with Gasteiger partial charge in [0.1, 0.15) is 6.33 Å².